The van der Waals surface area contributed by atoms with Gasteiger partial charge in [-0.1, -0.05) is 58.0 Å². The van der Waals surface area contributed by atoms with E-state index in [1.54, 1.807) is 43.2 Å². The number of carbonyl (C=O) groups excluding carboxylic acids is 5. The molecular weight excluding hydrogens is 638 g/mol. The number of methoxy groups -OCH3 is 1. The zero-order chi connectivity index (χ0) is 36.4. The standard InChI is InChI=1S/C38H53N5O7/c1-24(2)20-30(33(44)38(5)23-50-38)40-36(47)32(22-26-10-8-7-9-11-26)42-35(46)31(21-25(3)4)41-34(45)27-16-18-43(19-17-27)37(48)39-28-12-14-29(49-6)15-13-28/h7-15,24-25,27,30-32H,16-23H2,1-6H3,(H,39,48)(H,40,47)(H,41,45)(H,42,46)/t30-,31-,32-,38+/m0/s1. The molecule has 2 aromatic rings. The first kappa shape index (κ1) is 38.4. The lowest BCUT2D eigenvalue weighted by Gasteiger charge is -2.32. The molecule has 50 heavy (non-hydrogen) atoms. The van der Waals surface area contributed by atoms with E-state index in [9.17, 15) is 24.0 Å². The molecular formula is C38H53N5O7. The van der Waals surface area contributed by atoms with Crippen LogP contribution < -0.4 is 26.0 Å². The third-order valence-corrected chi connectivity index (χ3v) is 9.19. The summed E-state index contributed by atoms with van der Waals surface area (Å²) in [5.74, 6) is -0.861. The van der Waals surface area contributed by atoms with Gasteiger partial charge in [0.15, 0.2) is 5.78 Å². The number of hydrogen-bond donors (Lipinski definition) is 4. The summed E-state index contributed by atoms with van der Waals surface area (Å²) < 4.78 is 10.6. The molecule has 2 aromatic carbocycles. The average Bonchev–Trinajstić information content (AvgIpc) is 3.85. The fraction of sp³-hybridized carbons (Fsp3) is 0.553. The summed E-state index contributed by atoms with van der Waals surface area (Å²) >= 11 is 0. The molecule has 5 amide bonds. The molecule has 0 radical (unpaired) electrons. The lowest BCUT2D eigenvalue weighted by Crippen LogP contribution is -2.58. The monoisotopic (exact) mass is 691 g/mol. The minimum absolute atomic E-state index is 0.0725. The van der Waals surface area contributed by atoms with Crippen molar-refractivity contribution in [3.63, 3.8) is 0 Å². The van der Waals surface area contributed by atoms with E-state index in [1.165, 1.54) is 0 Å². The van der Waals surface area contributed by atoms with E-state index in [1.807, 2.05) is 58.0 Å². The van der Waals surface area contributed by atoms with Crippen molar-refractivity contribution in [1.29, 1.82) is 0 Å². The van der Waals surface area contributed by atoms with Crippen LogP contribution in [0.3, 0.4) is 0 Å². The third kappa shape index (κ3) is 11.0. The Hall–Kier alpha value is -4.45. The van der Waals surface area contributed by atoms with E-state index in [2.05, 4.69) is 21.3 Å². The molecule has 4 atom stereocenters. The molecule has 0 bridgehead atoms. The number of piperidine rings is 1. The van der Waals surface area contributed by atoms with Crippen LogP contribution in [-0.4, -0.2) is 85.0 Å². The molecule has 2 aliphatic heterocycles. The molecule has 0 saturated carbocycles. The zero-order valence-corrected chi connectivity index (χ0v) is 30.1. The van der Waals surface area contributed by atoms with Gasteiger partial charge in [0, 0.05) is 31.1 Å². The number of hydrogen-bond acceptors (Lipinski definition) is 7. The highest BCUT2D eigenvalue weighted by Gasteiger charge is 2.50. The van der Waals surface area contributed by atoms with Gasteiger partial charge in [-0.15, -0.1) is 0 Å². The fourth-order valence-corrected chi connectivity index (χ4v) is 6.14. The highest BCUT2D eigenvalue weighted by atomic mass is 16.6. The van der Waals surface area contributed by atoms with Gasteiger partial charge in [0.2, 0.25) is 17.7 Å². The Morgan fingerprint density at radius 3 is 1.94 bits per heavy atom. The fourth-order valence-electron chi connectivity index (χ4n) is 6.14. The first-order valence-corrected chi connectivity index (χ1v) is 17.6. The van der Waals surface area contributed by atoms with Gasteiger partial charge in [0.25, 0.3) is 0 Å². The Kier molecular flexibility index (Phi) is 13.4. The summed E-state index contributed by atoms with van der Waals surface area (Å²) in [7, 11) is 1.58. The Morgan fingerprint density at radius 1 is 0.820 bits per heavy atom. The molecule has 2 saturated heterocycles. The summed E-state index contributed by atoms with van der Waals surface area (Å²) in [4.78, 5) is 69.0. The number of anilines is 1. The first-order chi connectivity index (χ1) is 23.8. The molecule has 2 fully saturated rings. The maximum absolute atomic E-state index is 13.9. The van der Waals surface area contributed by atoms with E-state index in [0.29, 0.717) is 56.8 Å². The number of ether oxygens (including phenoxy) is 2. The Labute approximate surface area is 295 Å². The van der Waals surface area contributed by atoms with Crippen LogP contribution in [0.4, 0.5) is 10.5 Å². The van der Waals surface area contributed by atoms with Gasteiger partial charge in [-0.25, -0.2) is 4.79 Å². The molecule has 4 N–H and O–H groups in total. The van der Waals surface area contributed by atoms with Gasteiger partial charge in [0.05, 0.1) is 19.8 Å². The van der Waals surface area contributed by atoms with Crippen LogP contribution in [0.15, 0.2) is 54.6 Å². The minimum atomic E-state index is -0.987. The lowest BCUT2D eigenvalue weighted by molar-refractivity contribution is -0.135. The summed E-state index contributed by atoms with van der Waals surface area (Å²) in [6.07, 6.45) is 1.90. The SMILES string of the molecule is COc1ccc(NC(=O)N2CCC(C(=O)N[C@@H](CC(C)C)C(=O)N[C@@H](Cc3ccccc3)C(=O)N[C@@H](CC(C)C)C(=O)[C@@]3(C)CO3)CC2)cc1. The van der Waals surface area contributed by atoms with Gasteiger partial charge in [-0.05, 0) is 74.3 Å². The molecule has 12 heteroatoms. The van der Waals surface area contributed by atoms with E-state index in [-0.39, 0.29) is 41.9 Å². The minimum Gasteiger partial charge on any atom is -0.497 e. The topological polar surface area (TPSA) is 158 Å². The summed E-state index contributed by atoms with van der Waals surface area (Å²) in [5.41, 5.74) is 0.573. The number of likely N-dealkylation sites (tertiary alicyclic amines) is 1. The maximum Gasteiger partial charge on any atom is 0.321 e. The van der Waals surface area contributed by atoms with Gasteiger partial charge >= 0.3 is 6.03 Å². The quantitative estimate of drug-likeness (QED) is 0.193. The van der Waals surface area contributed by atoms with E-state index >= 15 is 0 Å². The molecule has 2 aliphatic rings. The van der Waals surface area contributed by atoms with Crippen molar-refractivity contribution in [1.82, 2.24) is 20.9 Å². The van der Waals surface area contributed by atoms with Crippen molar-refractivity contribution >= 4 is 35.2 Å². The van der Waals surface area contributed by atoms with Crippen molar-refractivity contribution < 1.29 is 33.4 Å². The highest BCUT2D eigenvalue weighted by Crippen LogP contribution is 2.30. The van der Waals surface area contributed by atoms with E-state index in [4.69, 9.17) is 9.47 Å². The second kappa shape index (κ2) is 17.5. The molecule has 0 unspecified atom stereocenters. The number of nitrogens with zero attached hydrogens (tertiary/aromatic N) is 1. The van der Waals surface area contributed by atoms with Crippen molar-refractivity contribution in [2.45, 2.75) is 90.4 Å². The number of epoxide rings is 1. The largest absolute Gasteiger partial charge is 0.497 e. The zero-order valence-electron chi connectivity index (χ0n) is 30.1. The number of rotatable bonds is 16. The normalized spacial score (nSPS) is 19.2. The smallest absolute Gasteiger partial charge is 0.321 e. The first-order valence-electron chi connectivity index (χ1n) is 17.6. The summed E-state index contributed by atoms with van der Waals surface area (Å²) in [6, 6.07) is 13.5. The van der Waals surface area contributed by atoms with Crippen molar-refractivity contribution in [3.05, 3.63) is 60.2 Å². The Bertz CT molecular complexity index is 1470. The number of amides is 5. The second-order valence-corrected chi connectivity index (χ2v) is 14.4. The molecule has 2 heterocycles. The number of ketones is 1. The predicted molar refractivity (Wildman–Crippen MR) is 191 cm³/mol. The summed E-state index contributed by atoms with van der Waals surface area (Å²) in [5, 5.41) is 11.6. The van der Waals surface area contributed by atoms with Crippen LogP contribution in [0.1, 0.15) is 65.9 Å². The van der Waals surface area contributed by atoms with Crippen LogP contribution in [0.2, 0.25) is 0 Å². The average molecular weight is 692 g/mol. The van der Waals surface area contributed by atoms with Gasteiger partial charge in [-0.3, -0.25) is 19.2 Å². The van der Waals surface area contributed by atoms with Crippen LogP contribution in [0.25, 0.3) is 0 Å². The van der Waals surface area contributed by atoms with Gasteiger partial charge in [-0.2, -0.15) is 0 Å². The van der Waals surface area contributed by atoms with Crippen molar-refractivity contribution in [2.24, 2.45) is 17.8 Å². The molecule has 0 aromatic heterocycles. The number of urea groups is 1. The Balaban J connectivity index is 1.40. The van der Waals surface area contributed by atoms with Crippen molar-refractivity contribution in [2.75, 3.05) is 32.1 Å². The Morgan fingerprint density at radius 2 is 1.38 bits per heavy atom. The number of benzene rings is 2. The molecule has 12 nitrogen and oxygen atoms in total. The highest BCUT2D eigenvalue weighted by molar-refractivity contribution is 5.98. The van der Waals surface area contributed by atoms with Gasteiger partial charge in [0.1, 0.15) is 23.4 Å². The molecule has 4 rings (SSSR count). The number of carbonyl (C=O) groups is 5. The number of nitrogens with one attached hydrogen (secondary N) is 4. The maximum atomic E-state index is 13.9. The molecule has 0 spiro atoms. The van der Waals surface area contributed by atoms with Crippen molar-refractivity contribution in [3.8, 4) is 5.75 Å². The van der Waals surface area contributed by atoms with Crippen LogP contribution in [-0.2, 0) is 30.3 Å². The van der Waals surface area contributed by atoms with E-state index < -0.39 is 35.5 Å². The van der Waals surface area contributed by atoms with Gasteiger partial charge < -0.3 is 35.6 Å². The summed E-state index contributed by atoms with van der Waals surface area (Å²) in [6.45, 7) is 10.7. The van der Waals surface area contributed by atoms with E-state index in [0.717, 1.165) is 5.56 Å². The molecule has 272 valence electrons. The molecule has 0 aliphatic carbocycles. The number of Topliss-reactive ketones (excluding diaryl/α,β-unsaturated/α-hetero) is 1. The second-order valence-electron chi connectivity index (χ2n) is 14.4. The van der Waals surface area contributed by atoms with Crippen LogP contribution in [0, 0.1) is 17.8 Å². The van der Waals surface area contributed by atoms with Crippen LogP contribution in [0.5, 0.6) is 5.75 Å². The predicted octanol–water partition coefficient (Wildman–Crippen LogP) is 4.09. The van der Waals surface area contributed by atoms with Crippen LogP contribution >= 0.6 is 0 Å². The lowest BCUT2D eigenvalue weighted by atomic mass is 9.93. The third-order valence-electron chi connectivity index (χ3n) is 9.19.